The van der Waals surface area contributed by atoms with E-state index >= 15 is 0 Å². The molecule has 1 heterocycles. The first-order chi connectivity index (χ1) is 6.88. The highest BCUT2D eigenvalue weighted by Gasteiger charge is 2.45. The van der Waals surface area contributed by atoms with E-state index in [-0.39, 0.29) is 11.1 Å². The molecule has 0 aromatic carbocycles. The van der Waals surface area contributed by atoms with Gasteiger partial charge in [-0.3, -0.25) is 4.90 Å². The maximum absolute atomic E-state index is 4.27. The Bertz CT molecular complexity index is 259. The predicted octanol–water partition coefficient (Wildman–Crippen LogP) is 3.77. The molecule has 1 atom stereocenters. The van der Waals surface area contributed by atoms with E-state index in [4.69, 9.17) is 0 Å². The van der Waals surface area contributed by atoms with Crippen molar-refractivity contribution < 1.29 is 0 Å². The van der Waals surface area contributed by atoms with Gasteiger partial charge in [0.2, 0.25) is 0 Å². The van der Waals surface area contributed by atoms with E-state index in [0.717, 1.165) is 25.8 Å². The van der Waals surface area contributed by atoms with Gasteiger partial charge in [-0.25, -0.2) is 0 Å². The first-order valence-corrected chi connectivity index (χ1v) is 5.95. The molecule has 0 saturated carbocycles. The van der Waals surface area contributed by atoms with Crippen LogP contribution in [0.3, 0.4) is 0 Å². The summed E-state index contributed by atoms with van der Waals surface area (Å²) < 4.78 is 0. The molecule has 0 bridgehead atoms. The van der Waals surface area contributed by atoms with Gasteiger partial charge >= 0.3 is 0 Å². The first-order valence-electron chi connectivity index (χ1n) is 5.95. The average molecular weight is 207 g/mol. The quantitative estimate of drug-likeness (QED) is 0.637. The van der Waals surface area contributed by atoms with Crippen molar-refractivity contribution in [1.29, 1.82) is 0 Å². The third-order valence-corrected chi connectivity index (χ3v) is 3.69. The van der Waals surface area contributed by atoms with Gasteiger partial charge in [0, 0.05) is 17.6 Å². The molecule has 1 nitrogen and oxygen atoms in total. The first kappa shape index (κ1) is 12.5. The summed E-state index contributed by atoms with van der Waals surface area (Å²) in [6.45, 7) is 18.4. The van der Waals surface area contributed by atoms with Crippen molar-refractivity contribution in [3.8, 4) is 0 Å². The zero-order valence-corrected chi connectivity index (χ0v) is 10.8. The second-order valence-electron chi connectivity index (χ2n) is 5.55. The van der Waals surface area contributed by atoms with E-state index in [0.29, 0.717) is 0 Å². The van der Waals surface area contributed by atoms with Crippen LogP contribution in [-0.2, 0) is 0 Å². The molecule has 1 aliphatic rings. The van der Waals surface area contributed by atoms with Crippen LogP contribution < -0.4 is 0 Å². The van der Waals surface area contributed by atoms with Gasteiger partial charge in [-0.1, -0.05) is 25.2 Å². The Morgan fingerprint density at radius 1 is 1.47 bits per heavy atom. The van der Waals surface area contributed by atoms with Gasteiger partial charge < -0.3 is 0 Å². The molecule has 86 valence electrons. The molecule has 0 amide bonds. The second-order valence-corrected chi connectivity index (χ2v) is 5.55. The maximum Gasteiger partial charge on any atom is 0.0455 e. The highest BCUT2D eigenvalue weighted by Crippen LogP contribution is 2.43. The molecule has 1 fully saturated rings. The molecule has 0 N–H and O–H groups in total. The third kappa shape index (κ3) is 2.03. The number of hydrogen-bond donors (Lipinski definition) is 0. The summed E-state index contributed by atoms with van der Waals surface area (Å²) in [7, 11) is 0. The maximum atomic E-state index is 4.27. The van der Waals surface area contributed by atoms with Gasteiger partial charge in [-0.05, 0) is 40.0 Å². The lowest BCUT2D eigenvalue weighted by molar-refractivity contribution is 0.0581. The van der Waals surface area contributed by atoms with Crippen molar-refractivity contribution in [1.82, 2.24) is 4.90 Å². The minimum Gasteiger partial charge on any atom is -0.288 e. The lowest BCUT2D eigenvalue weighted by atomic mass is 9.83. The summed E-state index contributed by atoms with van der Waals surface area (Å²) in [4.78, 5) is 2.60. The van der Waals surface area contributed by atoms with Crippen molar-refractivity contribution >= 4 is 0 Å². The van der Waals surface area contributed by atoms with Crippen LogP contribution in [0.1, 0.15) is 47.0 Å². The molecule has 0 aromatic heterocycles. The smallest absolute Gasteiger partial charge is 0.0455 e. The summed E-state index contributed by atoms with van der Waals surface area (Å²) in [6.07, 6.45) is 5.34. The number of hydrogen-bond acceptors (Lipinski definition) is 1. The number of likely N-dealkylation sites (tertiary alicyclic amines) is 1. The van der Waals surface area contributed by atoms with Crippen LogP contribution in [0, 0.1) is 0 Å². The Kier molecular flexibility index (Phi) is 3.44. The normalized spacial score (nSPS) is 28.4. The minimum absolute atomic E-state index is 0.167. The highest BCUT2D eigenvalue weighted by molar-refractivity contribution is 5.25. The summed E-state index contributed by atoms with van der Waals surface area (Å²) in [5, 5.41) is 0. The van der Waals surface area contributed by atoms with Crippen LogP contribution in [-0.4, -0.2) is 22.5 Å². The standard InChI is InChI=1S/C14H25N/c1-7-10-14(8-2)12(3)9-11-15(14)13(4,5)6/h7H,1,3,8-11H2,2,4-6H3. The molecule has 1 aliphatic heterocycles. The Labute approximate surface area is 94.9 Å². The molecule has 1 rings (SSSR count). The molecule has 15 heavy (non-hydrogen) atoms. The molecule has 1 unspecified atom stereocenters. The van der Waals surface area contributed by atoms with Gasteiger partial charge in [0.15, 0.2) is 0 Å². The molecule has 0 spiro atoms. The molecule has 0 aliphatic carbocycles. The Morgan fingerprint density at radius 2 is 2.07 bits per heavy atom. The van der Waals surface area contributed by atoms with Gasteiger partial charge in [-0.2, -0.15) is 0 Å². The van der Waals surface area contributed by atoms with Crippen LogP contribution in [0.4, 0.5) is 0 Å². The largest absolute Gasteiger partial charge is 0.288 e. The van der Waals surface area contributed by atoms with E-state index in [1.165, 1.54) is 5.57 Å². The Balaban J connectivity index is 3.07. The van der Waals surface area contributed by atoms with E-state index in [1.807, 2.05) is 6.08 Å². The van der Waals surface area contributed by atoms with Crippen LogP contribution in [0.5, 0.6) is 0 Å². The van der Waals surface area contributed by atoms with Crippen LogP contribution >= 0.6 is 0 Å². The summed E-state index contributed by atoms with van der Waals surface area (Å²) in [6, 6.07) is 0. The zero-order chi connectivity index (χ0) is 11.7. The SMILES string of the molecule is C=CCC1(CC)C(=C)CCN1C(C)(C)C. The molecule has 1 heteroatoms. The predicted molar refractivity (Wildman–Crippen MR) is 68.1 cm³/mol. The third-order valence-electron chi connectivity index (χ3n) is 3.69. The monoisotopic (exact) mass is 207 g/mol. The molecular formula is C14H25N. The fourth-order valence-electron chi connectivity index (χ4n) is 2.94. The van der Waals surface area contributed by atoms with Crippen molar-refractivity contribution in [3.63, 3.8) is 0 Å². The van der Waals surface area contributed by atoms with Gasteiger partial charge in [0.25, 0.3) is 0 Å². The topological polar surface area (TPSA) is 3.24 Å². The minimum atomic E-state index is 0.167. The summed E-state index contributed by atoms with van der Waals surface area (Å²) >= 11 is 0. The van der Waals surface area contributed by atoms with Crippen LogP contribution in [0.25, 0.3) is 0 Å². The van der Waals surface area contributed by atoms with Crippen molar-refractivity contribution in [2.24, 2.45) is 0 Å². The molecule has 0 radical (unpaired) electrons. The van der Waals surface area contributed by atoms with E-state index < -0.39 is 0 Å². The van der Waals surface area contributed by atoms with Crippen molar-refractivity contribution in [2.75, 3.05) is 6.54 Å². The average Bonchev–Trinajstić information content (AvgIpc) is 2.44. The fourth-order valence-corrected chi connectivity index (χ4v) is 2.94. The van der Waals surface area contributed by atoms with Crippen molar-refractivity contribution in [2.45, 2.75) is 58.0 Å². The Hall–Kier alpha value is -0.560. The second kappa shape index (κ2) is 4.13. The number of nitrogens with zero attached hydrogens (tertiary/aromatic N) is 1. The number of rotatable bonds is 3. The van der Waals surface area contributed by atoms with Gasteiger partial charge in [0.05, 0.1) is 0 Å². The fraction of sp³-hybridized carbons (Fsp3) is 0.714. The van der Waals surface area contributed by atoms with Crippen molar-refractivity contribution in [3.05, 3.63) is 24.8 Å². The lowest BCUT2D eigenvalue weighted by Crippen LogP contribution is -2.53. The van der Waals surface area contributed by atoms with E-state index in [2.05, 4.69) is 45.8 Å². The van der Waals surface area contributed by atoms with Crippen LogP contribution in [0.2, 0.25) is 0 Å². The van der Waals surface area contributed by atoms with Gasteiger partial charge in [-0.15, -0.1) is 6.58 Å². The summed E-state index contributed by atoms with van der Waals surface area (Å²) in [5.41, 5.74) is 1.78. The van der Waals surface area contributed by atoms with Gasteiger partial charge in [0.1, 0.15) is 0 Å². The van der Waals surface area contributed by atoms with Crippen LogP contribution in [0.15, 0.2) is 24.8 Å². The molecular weight excluding hydrogens is 182 g/mol. The highest BCUT2D eigenvalue weighted by atomic mass is 15.3. The zero-order valence-electron chi connectivity index (χ0n) is 10.8. The van der Waals surface area contributed by atoms with E-state index in [1.54, 1.807) is 0 Å². The molecule has 0 aromatic rings. The lowest BCUT2D eigenvalue weighted by Gasteiger charge is -2.46. The summed E-state index contributed by atoms with van der Waals surface area (Å²) in [5.74, 6) is 0. The van der Waals surface area contributed by atoms with E-state index in [9.17, 15) is 0 Å². The molecule has 1 saturated heterocycles. The Morgan fingerprint density at radius 3 is 2.47 bits per heavy atom.